The van der Waals surface area contributed by atoms with Crippen molar-refractivity contribution < 1.29 is 9.18 Å². The standard InChI is InChI=1S/C18H19FN2O/c1-20-10-11-21(17(13-20)14-6-3-2-4-7-14)18(22)15-8-5-9-16(19)12-15/h2-9,12,17H,10-11,13H2,1H3. The number of halogens is 1. The number of carbonyl (C=O) groups excluding carboxylic acids is 1. The van der Waals surface area contributed by atoms with Crippen LogP contribution < -0.4 is 0 Å². The van der Waals surface area contributed by atoms with Crippen molar-refractivity contribution in [2.24, 2.45) is 0 Å². The molecule has 2 aromatic rings. The second kappa shape index (κ2) is 6.28. The van der Waals surface area contributed by atoms with E-state index in [1.807, 2.05) is 35.2 Å². The summed E-state index contributed by atoms with van der Waals surface area (Å²) >= 11 is 0. The van der Waals surface area contributed by atoms with Crippen molar-refractivity contribution in [2.45, 2.75) is 6.04 Å². The molecule has 0 saturated carbocycles. The van der Waals surface area contributed by atoms with E-state index in [1.54, 1.807) is 12.1 Å². The van der Waals surface area contributed by atoms with Crippen LogP contribution in [0.2, 0.25) is 0 Å². The summed E-state index contributed by atoms with van der Waals surface area (Å²) in [4.78, 5) is 16.8. The van der Waals surface area contributed by atoms with Gasteiger partial charge in [-0.1, -0.05) is 36.4 Å². The van der Waals surface area contributed by atoms with E-state index >= 15 is 0 Å². The van der Waals surface area contributed by atoms with Gasteiger partial charge in [0, 0.05) is 25.2 Å². The first-order valence-electron chi connectivity index (χ1n) is 7.45. The van der Waals surface area contributed by atoms with Crippen LogP contribution in [-0.2, 0) is 0 Å². The van der Waals surface area contributed by atoms with Gasteiger partial charge in [-0.2, -0.15) is 0 Å². The monoisotopic (exact) mass is 298 g/mol. The van der Waals surface area contributed by atoms with Crippen molar-refractivity contribution >= 4 is 5.91 Å². The molecule has 1 fully saturated rings. The number of piperazine rings is 1. The van der Waals surface area contributed by atoms with Gasteiger partial charge in [-0.3, -0.25) is 4.79 Å². The fourth-order valence-corrected chi connectivity index (χ4v) is 2.91. The molecule has 0 spiro atoms. The number of carbonyl (C=O) groups is 1. The highest BCUT2D eigenvalue weighted by Gasteiger charge is 2.30. The van der Waals surface area contributed by atoms with Gasteiger partial charge in [0.1, 0.15) is 5.82 Å². The van der Waals surface area contributed by atoms with Gasteiger partial charge in [0.05, 0.1) is 6.04 Å². The number of hydrogen-bond acceptors (Lipinski definition) is 2. The molecule has 0 aliphatic carbocycles. The van der Waals surface area contributed by atoms with Gasteiger partial charge in [0.15, 0.2) is 0 Å². The minimum atomic E-state index is -0.378. The average molecular weight is 298 g/mol. The number of nitrogens with zero attached hydrogens (tertiary/aromatic N) is 2. The summed E-state index contributed by atoms with van der Waals surface area (Å²) in [6.07, 6.45) is 0. The molecule has 1 heterocycles. The molecule has 0 radical (unpaired) electrons. The summed E-state index contributed by atoms with van der Waals surface area (Å²) < 4.78 is 13.4. The minimum Gasteiger partial charge on any atom is -0.329 e. The summed E-state index contributed by atoms with van der Waals surface area (Å²) in [7, 11) is 2.06. The maximum Gasteiger partial charge on any atom is 0.254 e. The first kappa shape index (κ1) is 14.7. The Morgan fingerprint density at radius 3 is 2.59 bits per heavy atom. The zero-order valence-corrected chi connectivity index (χ0v) is 12.6. The van der Waals surface area contributed by atoms with Crippen LogP contribution in [0.4, 0.5) is 4.39 Å². The molecule has 1 atom stereocenters. The van der Waals surface area contributed by atoms with E-state index in [0.29, 0.717) is 12.1 Å². The predicted molar refractivity (Wildman–Crippen MR) is 84.1 cm³/mol. The molecule has 1 unspecified atom stereocenters. The Labute approximate surface area is 130 Å². The van der Waals surface area contributed by atoms with Gasteiger partial charge in [0.2, 0.25) is 0 Å². The Bertz CT molecular complexity index is 659. The van der Waals surface area contributed by atoms with E-state index in [-0.39, 0.29) is 17.8 Å². The Kier molecular flexibility index (Phi) is 4.20. The maximum absolute atomic E-state index is 13.4. The van der Waals surface area contributed by atoms with E-state index < -0.39 is 0 Å². The molecule has 22 heavy (non-hydrogen) atoms. The number of amides is 1. The van der Waals surface area contributed by atoms with Crippen LogP contribution in [0, 0.1) is 5.82 Å². The fraction of sp³-hybridized carbons (Fsp3) is 0.278. The van der Waals surface area contributed by atoms with Gasteiger partial charge >= 0.3 is 0 Å². The summed E-state index contributed by atoms with van der Waals surface area (Å²) in [5.41, 5.74) is 1.52. The fourth-order valence-electron chi connectivity index (χ4n) is 2.91. The third-order valence-electron chi connectivity index (χ3n) is 4.10. The quantitative estimate of drug-likeness (QED) is 0.851. The van der Waals surface area contributed by atoms with E-state index in [1.165, 1.54) is 12.1 Å². The minimum absolute atomic E-state index is 0.00397. The van der Waals surface area contributed by atoms with Gasteiger partial charge in [-0.25, -0.2) is 4.39 Å². The average Bonchev–Trinajstić information content (AvgIpc) is 2.55. The molecule has 0 aromatic heterocycles. The second-order valence-electron chi connectivity index (χ2n) is 5.70. The summed E-state index contributed by atoms with van der Waals surface area (Å²) in [6.45, 7) is 2.25. The largest absolute Gasteiger partial charge is 0.329 e. The maximum atomic E-state index is 13.4. The van der Waals surface area contributed by atoms with Gasteiger partial charge in [0.25, 0.3) is 5.91 Å². The highest BCUT2D eigenvalue weighted by molar-refractivity contribution is 5.94. The van der Waals surface area contributed by atoms with E-state index in [0.717, 1.165) is 18.7 Å². The van der Waals surface area contributed by atoms with Gasteiger partial charge in [-0.15, -0.1) is 0 Å². The van der Waals surface area contributed by atoms with Crippen molar-refractivity contribution in [3.63, 3.8) is 0 Å². The molecular formula is C18H19FN2O. The van der Waals surface area contributed by atoms with Crippen molar-refractivity contribution in [1.29, 1.82) is 0 Å². The number of hydrogen-bond donors (Lipinski definition) is 0. The van der Waals surface area contributed by atoms with E-state index in [2.05, 4.69) is 11.9 Å². The molecule has 2 aromatic carbocycles. The van der Waals surface area contributed by atoms with Crippen molar-refractivity contribution in [3.05, 3.63) is 71.5 Å². The highest BCUT2D eigenvalue weighted by atomic mass is 19.1. The SMILES string of the molecule is CN1CCN(C(=O)c2cccc(F)c2)C(c2ccccc2)C1. The molecule has 1 saturated heterocycles. The van der Waals surface area contributed by atoms with Crippen LogP contribution in [0.15, 0.2) is 54.6 Å². The third kappa shape index (κ3) is 3.02. The second-order valence-corrected chi connectivity index (χ2v) is 5.70. The molecule has 1 amide bonds. The molecular weight excluding hydrogens is 279 g/mol. The molecule has 0 N–H and O–H groups in total. The number of rotatable bonds is 2. The molecule has 1 aliphatic rings. The lowest BCUT2D eigenvalue weighted by atomic mass is 10.0. The lowest BCUT2D eigenvalue weighted by Gasteiger charge is -2.40. The van der Waals surface area contributed by atoms with Crippen LogP contribution in [0.3, 0.4) is 0 Å². The third-order valence-corrected chi connectivity index (χ3v) is 4.10. The number of likely N-dealkylation sites (N-methyl/N-ethyl adjacent to an activating group) is 1. The molecule has 0 bridgehead atoms. The zero-order chi connectivity index (χ0) is 15.5. The Hall–Kier alpha value is -2.20. The first-order valence-corrected chi connectivity index (χ1v) is 7.45. The van der Waals surface area contributed by atoms with Crippen LogP contribution >= 0.6 is 0 Å². The first-order chi connectivity index (χ1) is 10.6. The highest BCUT2D eigenvalue weighted by Crippen LogP contribution is 2.26. The van der Waals surface area contributed by atoms with Gasteiger partial charge < -0.3 is 9.80 Å². The molecule has 3 nitrogen and oxygen atoms in total. The van der Waals surface area contributed by atoms with Crippen LogP contribution in [0.25, 0.3) is 0 Å². The normalized spacial score (nSPS) is 19.2. The van der Waals surface area contributed by atoms with Crippen molar-refractivity contribution in [2.75, 3.05) is 26.7 Å². The lowest BCUT2D eigenvalue weighted by molar-refractivity contribution is 0.0497. The number of benzene rings is 2. The van der Waals surface area contributed by atoms with Crippen molar-refractivity contribution in [1.82, 2.24) is 9.80 Å². The Balaban J connectivity index is 1.91. The Morgan fingerprint density at radius 1 is 1.09 bits per heavy atom. The summed E-state index contributed by atoms with van der Waals surface area (Å²) in [5.74, 6) is -0.488. The lowest BCUT2D eigenvalue weighted by Crippen LogP contribution is -2.49. The predicted octanol–water partition coefficient (Wildman–Crippen LogP) is 2.95. The van der Waals surface area contributed by atoms with Crippen molar-refractivity contribution in [3.8, 4) is 0 Å². The topological polar surface area (TPSA) is 23.6 Å². The molecule has 114 valence electrons. The smallest absolute Gasteiger partial charge is 0.254 e. The molecule has 4 heteroatoms. The summed E-state index contributed by atoms with van der Waals surface area (Å²) in [5, 5.41) is 0. The van der Waals surface area contributed by atoms with E-state index in [9.17, 15) is 9.18 Å². The zero-order valence-electron chi connectivity index (χ0n) is 12.6. The van der Waals surface area contributed by atoms with Crippen LogP contribution in [-0.4, -0.2) is 42.4 Å². The van der Waals surface area contributed by atoms with Crippen LogP contribution in [0.5, 0.6) is 0 Å². The van der Waals surface area contributed by atoms with Crippen LogP contribution in [0.1, 0.15) is 22.0 Å². The molecule has 3 rings (SSSR count). The molecule has 1 aliphatic heterocycles. The van der Waals surface area contributed by atoms with E-state index in [4.69, 9.17) is 0 Å². The Morgan fingerprint density at radius 2 is 1.86 bits per heavy atom. The van der Waals surface area contributed by atoms with Gasteiger partial charge in [-0.05, 0) is 30.8 Å². The summed E-state index contributed by atoms with van der Waals surface area (Å²) in [6, 6.07) is 15.9.